The number of amides is 2. The normalized spacial score (nSPS) is 20.9. The summed E-state index contributed by atoms with van der Waals surface area (Å²) in [7, 11) is 0. The monoisotopic (exact) mass is 303 g/mol. The summed E-state index contributed by atoms with van der Waals surface area (Å²) in [5.41, 5.74) is 5.66. The second-order valence-corrected chi connectivity index (χ2v) is 4.92. The molecule has 3 N–H and O–H groups in total. The molecule has 2 rings (SSSR count). The molecule has 1 aliphatic heterocycles. The fourth-order valence-corrected chi connectivity index (χ4v) is 2.27. The van der Waals surface area contributed by atoms with Gasteiger partial charge in [0.15, 0.2) is 0 Å². The number of nitriles is 1. The van der Waals surface area contributed by atoms with Crippen LogP contribution in [0.1, 0.15) is 22.3 Å². The average Bonchev–Trinajstić information content (AvgIpc) is 2.53. The Morgan fingerprint density at radius 1 is 1.45 bits per heavy atom. The molecule has 0 bridgehead atoms. The van der Waals surface area contributed by atoms with E-state index in [1.165, 1.54) is 0 Å². The number of nitrogens with two attached hydrogens (primary N) is 1. The van der Waals surface area contributed by atoms with Crippen LogP contribution in [0.2, 0.25) is 0 Å². The van der Waals surface area contributed by atoms with Crippen LogP contribution in [-0.2, 0) is 14.3 Å². The van der Waals surface area contributed by atoms with Gasteiger partial charge in [0.2, 0.25) is 5.91 Å². The maximum Gasteiger partial charge on any atom is 0.253 e. The Labute approximate surface area is 128 Å². The van der Waals surface area contributed by atoms with E-state index in [4.69, 9.17) is 20.5 Å². The van der Waals surface area contributed by atoms with E-state index in [-0.39, 0.29) is 25.2 Å². The SMILES string of the molecule is N#Cc1ccccc1C(=O)N[C@@H]1COCC[C@@H]1OCC(N)=O. The number of carbonyl (C=O) groups is 2. The lowest BCUT2D eigenvalue weighted by atomic mass is 10.0. The van der Waals surface area contributed by atoms with Crippen LogP contribution < -0.4 is 11.1 Å². The van der Waals surface area contributed by atoms with Gasteiger partial charge in [-0.2, -0.15) is 5.26 Å². The van der Waals surface area contributed by atoms with Gasteiger partial charge in [-0.05, 0) is 18.6 Å². The topological polar surface area (TPSA) is 114 Å². The summed E-state index contributed by atoms with van der Waals surface area (Å²) in [6.07, 6.45) is 0.206. The Morgan fingerprint density at radius 2 is 2.23 bits per heavy atom. The van der Waals surface area contributed by atoms with Crippen LogP contribution in [0.3, 0.4) is 0 Å². The minimum atomic E-state index is -0.564. The van der Waals surface area contributed by atoms with Crippen molar-refractivity contribution in [3.8, 4) is 6.07 Å². The standard InChI is InChI=1S/C15H17N3O4/c16-7-10-3-1-2-4-11(10)15(20)18-12-8-21-6-5-13(12)22-9-14(17)19/h1-4,12-13H,5-6,8-9H2,(H2,17,19)(H,18,20)/t12-,13+/m1/s1. The molecule has 7 nitrogen and oxygen atoms in total. The molecule has 2 amide bonds. The number of benzene rings is 1. The van der Waals surface area contributed by atoms with Crippen molar-refractivity contribution in [3.63, 3.8) is 0 Å². The first-order chi connectivity index (χ1) is 10.6. The molecule has 7 heteroatoms. The minimum Gasteiger partial charge on any atom is -0.379 e. The first kappa shape index (κ1) is 15.9. The van der Waals surface area contributed by atoms with Crippen LogP contribution in [-0.4, -0.2) is 43.8 Å². The molecule has 116 valence electrons. The Bertz CT molecular complexity index is 597. The van der Waals surface area contributed by atoms with E-state index in [0.29, 0.717) is 24.2 Å². The van der Waals surface area contributed by atoms with Crippen LogP contribution in [0.4, 0.5) is 0 Å². The van der Waals surface area contributed by atoms with Crippen molar-refractivity contribution in [1.82, 2.24) is 5.32 Å². The highest BCUT2D eigenvalue weighted by molar-refractivity contribution is 5.96. The van der Waals surface area contributed by atoms with Gasteiger partial charge in [0.1, 0.15) is 6.61 Å². The van der Waals surface area contributed by atoms with Gasteiger partial charge < -0.3 is 20.5 Å². The van der Waals surface area contributed by atoms with E-state index in [1.54, 1.807) is 24.3 Å². The molecular weight excluding hydrogens is 286 g/mol. The molecule has 2 atom stereocenters. The van der Waals surface area contributed by atoms with Crippen molar-refractivity contribution in [2.45, 2.75) is 18.6 Å². The van der Waals surface area contributed by atoms with Gasteiger partial charge in [0.05, 0.1) is 35.9 Å². The van der Waals surface area contributed by atoms with Crippen LogP contribution >= 0.6 is 0 Å². The summed E-state index contributed by atoms with van der Waals surface area (Å²) in [4.78, 5) is 23.1. The summed E-state index contributed by atoms with van der Waals surface area (Å²) in [6, 6.07) is 8.12. The molecule has 0 radical (unpaired) electrons. The summed E-state index contributed by atoms with van der Waals surface area (Å²) >= 11 is 0. The number of nitrogens with one attached hydrogen (secondary N) is 1. The zero-order chi connectivity index (χ0) is 15.9. The third kappa shape index (κ3) is 4.04. The molecule has 0 unspecified atom stereocenters. The Kier molecular flexibility index (Phi) is 5.47. The summed E-state index contributed by atoms with van der Waals surface area (Å²) in [5, 5.41) is 11.8. The quantitative estimate of drug-likeness (QED) is 0.791. The van der Waals surface area contributed by atoms with Crippen molar-refractivity contribution in [2.24, 2.45) is 5.73 Å². The molecule has 1 aromatic rings. The molecule has 1 saturated heterocycles. The molecule has 0 aliphatic carbocycles. The highest BCUT2D eigenvalue weighted by Gasteiger charge is 2.29. The van der Waals surface area contributed by atoms with Gasteiger partial charge >= 0.3 is 0 Å². The zero-order valence-corrected chi connectivity index (χ0v) is 12.0. The lowest BCUT2D eigenvalue weighted by Crippen LogP contribution is -2.51. The van der Waals surface area contributed by atoms with Gasteiger partial charge in [-0.15, -0.1) is 0 Å². The highest BCUT2D eigenvalue weighted by Crippen LogP contribution is 2.14. The summed E-state index contributed by atoms with van der Waals surface area (Å²) in [6.45, 7) is 0.570. The van der Waals surface area contributed by atoms with Crippen LogP contribution in [0, 0.1) is 11.3 Å². The highest BCUT2D eigenvalue weighted by atomic mass is 16.5. The number of hydrogen-bond acceptors (Lipinski definition) is 5. The molecule has 0 aromatic heterocycles. The van der Waals surface area contributed by atoms with Gasteiger partial charge in [-0.1, -0.05) is 12.1 Å². The predicted molar refractivity (Wildman–Crippen MR) is 76.8 cm³/mol. The first-order valence-corrected chi connectivity index (χ1v) is 6.89. The third-order valence-corrected chi connectivity index (χ3v) is 3.34. The molecule has 0 spiro atoms. The van der Waals surface area contributed by atoms with Gasteiger partial charge in [0.25, 0.3) is 5.91 Å². The zero-order valence-electron chi connectivity index (χ0n) is 12.0. The van der Waals surface area contributed by atoms with E-state index in [9.17, 15) is 9.59 Å². The minimum absolute atomic E-state index is 0.203. The smallest absolute Gasteiger partial charge is 0.253 e. The van der Waals surface area contributed by atoms with E-state index < -0.39 is 11.9 Å². The molecule has 1 aliphatic rings. The largest absolute Gasteiger partial charge is 0.379 e. The summed E-state index contributed by atoms with van der Waals surface area (Å²) in [5.74, 6) is -0.938. The van der Waals surface area contributed by atoms with Gasteiger partial charge in [-0.3, -0.25) is 9.59 Å². The predicted octanol–water partition coefficient (Wildman–Crippen LogP) is -0.0525. The molecular formula is C15H17N3O4. The number of ether oxygens (including phenoxy) is 2. The molecule has 1 aromatic carbocycles. The molecule has 0 saturated carbocycles. The summed E-state index contributed by atoms with van der Waals surface area (Å²) < 4.78 is 10.8. The van der Waals surface area contributed by atoms with Crippen LogP contribution in [0.25, 0.3) is 0 Å². The van der Waals surface area contributed by atoms with Crippen LogP contribution in [0.5, 0.6) is 0 Å². The maximum atomic E-state index is 12.3. The first-order valence-electron chi connectivity index (χ1n) is 6.89. The molecule has 22 heavy (non-hydrogen) atoms. The molecule has 1 heterocycles. The third-order valence-electron chi connectivity index (χ3n) is 3.34. The lowest BCUT2D eigenvalue weighted by Gasteiger charge is -2.31. The Hall–Kier alpha value is -2.43. The number of carbonyl (C=O) groups excluding carboxylic acids is 2. The van der Waals surface area contributed by atoms with Crippen molar-refractivity contribution in [2.75, 3.05) is 19.8 Å². The van der Waals surface area contributed by atoms with E-state index in [0.717, 1.165) is 0 Å². The second-order valence-electron chi connectivity index (χ2n) is 4.92. The van der Waals surface area contributed by atoms with Crippen molar-refractivity contribution >= 4 is 11.8 Å². The van der Waals surface area contributed by atoms with Crippen molar-refractivity contribution in [1.29, 1.82) is 5.26 Å². The van der Waals surface area contributed by atoms with E-state index in [2.05, 4.69) is 5.32 Å². The maximum absolute atomic E-state index is 12.3. The van der Waals surface area contributed by atoms with Gasteiger partial charge in [0, 0.05) is 6.61 Å². The Balaban J connectivity index is 2.05. The van der Waals surface area contributed by atoms with Crippen molar-refractivity contribution in [3.05, 3.63) is 35.4 Å². The number of nitrogens with zero attached hydrogens (tertiary/aromatic N) is 1. The van der Waals surface area contributed by atoms with E-state index in [1.807, 2.05) is 6.07 Å². The van der Waals surface area contributed by atoms with Crippen LogP contribution in [0.15, 0.2) is 24.3 Å². The number of primary amides is 1. The van der Waals surface area contributed by atoms with Gasteiger partial charge in [-0.25, -0.2) is 0 Å². The average molecular weight is 303 g/mol. The fourth-order valence-electron chi connectivity index (χ4n) is 2.27. The number of hydrogen-bond donors (Lipinski definition) is 2. The number of rotatable bonds is 5. The Morgan fingerprint density at radius 3 is 2.95 bits per heavy atom. The molecule has 1 fully saturated rings. The second kappa shape index (κ2) is 7.54. The van der Waals surface area contributed by atoms with Crippen molar-refractivity contribution < 1.29 is 19.1 Å². The van der Waals surface area contributed by atoms with E-state index >= 15 is 0 Å². The fraction of sp³-hybridized carbons (Fsp3) is 0.400. The lowest BCUT2D eigenvalue weighted by molar-refractivity contribution is -0.128.